The van der Waals surface area contributed by atoms with Gasteiger partial charge in [0.2, 0.25) is 0 Å². The highest BCUT2D eigenvalue weighted by Gasteiger charge is 2.28. The molecule has 1 saturated heterocycles. The lowest BCUT2D eigenvalue weighted by Crippen LogP contribution is -2.34. The molecular formula is C14H18N4O3S. The molecule has 118 valence electrons. The lowest BCUT2D eigenvalue weighted by molar-refractivity contribution is -0.385. The molecule has 0 radical (unpaired) electrons. The number of aliphatic hydroxyl groups excluding tert-OH is 1. The Balaban J connectivity index is 1.58. The zero-order chi connectivity index (χ0) is 15.5. The van der Waals surface area contributed by atoms with Gasteiger partial charge in [-0.3, -0.25) is 19.7 Å². The molecule has 2 atom stereocenters. The summed E-state index contributed by atoms with van der Waals surface area (Å²) in [6.45, 7) is 1.78. The van der Waals surface area contributed by atoms with Gasteiger partial charge in [0.05, 0.1) is 17.6 Å². The van der Waals surface area contributed by atoms with Gasteiger partial charge in [-0.25, -0.2) is 0 Å². The first kappa shape index (κ1) is 15.1. The van der Waals surface area contributed by atoms with Crippen molar-refractivity contribution in [3.8, 4) is 0 Å². The number of hydrogen-bond acceptors (Lipinski definition) is 6. The van der Waals surface area contributed by atoms with Crippen molar-refractivity contribution in [1.29, 1.82) is 0 Å². The number of hydrogen-bond donors (Lipinski definition) is 1. The lowest BCUT2D eigenvalue weighted by Gasteiger charge is -2.26. The molecule has 2 aromatic rings. The number of aliphatic hydroxyl groups is 1. The van der Waals surface area contributed by atoms with Gasteiger partial charge in [0.1, 0.15) is 12.4 Å². The van der Waals surface area contributed by atoms with Crippen LogP contribution in [0.3, 0.4) is 0 Å². The van der Waals surface area contributed by atoms with E-state index < -0.39 is 11.0 Å². The molecular weight excluding hydrogens is 304 g/mol. The highest BCUT2D eigenvalue weighted by molar-refractivity contribution is 7.07. The van der Waals surface area contributed by atoms with Crippen molar-refractivity contribution in [2.45, 2.75) is 31.5 Å². The Labute approximate surface area is 131 Å². The Morgan fingerprint density at radius 3 is 3.09 bits per heavy atom. The predicted molar refractivity (Wildman–Crippen MR) is 82.8 cm³/mol. The Hall–Kier alpha value is -1.77. The monoisotopic (exact) mass is 322 g/mol. The Morgan fingerprint density at radius 1 is 1.55 bits per heavy atom. The van der Waals surface area contributed by atoms with E-state index in [-0.39, 0.29) is 12.2 Å². The molecule has 0 bridgehead atoms. The van der Waals surface area contributed by atoms with Gasteiger partial charge in [0, 0.05) is 12.6 Å². The van der Waals surface area contributed by atoms with E-state index in [1.165, 1.54) is 22.6 Å². The molecule has 0 aromatic carbocycles. The molecule has 7 nitrogen and oxygen atoms in total. The zero-order valence-electron chi connectivity index (χ0n) is 12.0. The molecule has 3 rings (SSSR count). The van der Waals surface area contributed by atoms with Crippen LogP contribution in [0.4, 0.5) is 5.69 Å². The number of rotatable bonds is 6. The van der Waals surface area contributed by atoms with Crippen LogP contribution in [0.15, 0.2) is 29.2 Å². The van der Waals surface area contributed by atoms with E-state index in [0.29, 0.717) is 12.6 Å². The number of aromatic nitrogens is 2. The largest absolute Gasteiger partial charge is 0.390 e. The second-order valence-electron chi connectivity index (χ2n) is 5.54. The highest BCUT2D eigenvalue weighted by Crippen LogP contribution is 2.33. The van der Waals surface area contributed by atoms with Gasteiger partial charge >= 0.3 is 5.69 Å². The fourth-order valence-electron chi connectivity index (χ4n) is 2.98. The Morgan fingerprint density at radius 2 is 2.41 bits per heavy atom. The molecule has 22 heavy (non-hydrogen) atoms. The van der Waals surface area contributed by atoms with Gasteiger partial charge in [-0.1, -0.05) is 0 Å². The molecule has 1 aliphatic rings. The second kappa shape index (κ2) is 6.55. The van der Waals surface area contributed by atoms with E-state index in [1.807, 2.05) is 0 Å². The maximum absolute atomic E-state index is 10.6. The van der Waals surface area contributed by atoms with Gasteiger partial charge in [-0.2, -0.15) is 16.4 Å². The van der Waals surface area contributed by atoms with Crippen LogP contribution in [-0.2, 0) is 6.54 Å². The number of nitrogens with zero attached hydrogens (tertiary/aromatic N) is 4. The summed E-state index contributed by atoms with van der Waals surface area (Å²) >= 11 is 1.69. The molecule has 0 unspecified atom stereocenters. The smallest absolute Gasteiger partial charge is 0.306 e. The van der Waals surface area contributed by atoms with Gasteiger partial charge in [-0.15, -0.1) is 0 Å². The number of thiophene rings is 1. The average Bonchev–Trinajstić information content (AvgIpc) is 3.18. The van der Waals surface area contributed by atoms with E-state index in [9.17, 15) is 15.2 Å². The fourth-order valence-corrected chi connectivity index (χ4v) is 3.68. The topological polar surface area (TPSA) is 84.4 Å². The minimum absolute atomic E-state index is 0.0514. The van der Waals surface area contributed by atoms with Crippen molar-refractivity contribution >= 4 is 17.0 Å². The lowest BCUT2D eigenvalue weighted by atomic mass is 10.1. The molecule has 1 aliphatic heterocycles. The maximum atomic E-state index is 10.6. The van der Waals surface area contributed by atoms with E-state index in [0.717, 1.165) is 19.4 Å². The summed E-state index contributed by atoms with van der Waals surface area (Å²) in [4.78, 5) is 12.4. The van der Waals surface area contributed by atoms with Crippen LogP contribution in [0.5, 0.6) is 0 Å². The average molecular weight is 322 g/mol. The van der Waals surface area contributed by atoms with Gasteiger partial charge in [0.15, 0.2) is 0 Å². The summed E-state index contributed by atoms with van der Waals surface area (Å²) < 4.78 is 1.43. The first-order valence-electron chi connectivity index (χ1n) is 7.24. The minimum atomic E-state index is -0.598. The standard InChI is InChI=1S/C14H18N4O3S/c19-13(9-17-7-12(6-15-17)18(20)21)8-16-4-1-2-14(16)11-3-5-22-10-11/h3,5-7,10,13-14,19H,1-2,4,8-9H2/t13-,14-/m1/s1. The minimum Gasteiger partial charge on any atom is -0.390 e. The molecule has 0 amide bonds. The first-order chi connectivity index (χ1) is 10.6. The normalized spacial score (nSPS) is 20.3. The van der Waals surface area contributed by atoms with Crippen LogP contribution in [0, 0.1) is 10.1 Å². The summed E-state index contributed by atoms with van der Waals surface area (Å²) in [5.41, 5.74) is 1.26. The van der Waals surface area contributed by atoms with Crippen LogP contribution in [0.1, 0.15) is 24.4 Å². The molecule has 2 aromatic heterocycles. The van der Waals surface area contributed by atoms with E-state index in [2.05, 4.69) is 26.8 Å². The quantitative estimate of drug-likeness (QED) is 0.650. The summed E-state index contributed by atoms with van der Waals surface area (Å²) in [6, 6.07) is 2.50. The van der Waals surface area contributed by atoms with Crippen LogP contribution >= 0.6 is 11.3 Å². The zero-order valence-corrected chi connectivity index (χ0v) is 12.9. The molecule has 0 aliphatic carbocycles. The summed E-state index contributed by atoms with van der Waals surface area (Å²) in [5, 5.41) is 29.0. The van der Waals surface area contributed by atoms with Crippen molar-refractivity contribution in [3.63, 3.8) is 0 Å². The summed E-state index contributed by atoms with van der Waals surface area (Å²) in [7, 11) is 0. The van der Waals surface area contributed by atoms with Crippen LogP contribution in [0.25, 0.3) is 0 Å². The SMILES string of the molecule is O=[N+]([O-])c1cnn(C[C@H](O)CN2CCC[C@@H]2c2ccsc2)c1. The van der Waals surface area contributed by atoms with Gasteiger partial charge in [-0.05, 0) is 41.8 Å². The molecule has 3 heterocycles. The van der Waals surface area contributed by atoms with Crippen LogP contribution < -0.4 is 0 Å². The van der Waals surface area contributed by atoms with Gasteiger partial charge < -0.3 is 5.11 Å². The molecule has 0 saturated carbocycles. The fraction of sp³-hybridized carbons (Fsp3) is 0.500. The Kier molecular flexibility index (Phi) is 4.51. The molecule has 0 spiro atoms. The highest BCUT2D eigenvalue weighted by atomic mass is 32.1. The molecule has 1 N–H and O–H groups in total. The Bertz CT molecular complexity index is 628. The maximum Gasteiger partial charge on any atom is 0.306 e. The van der Waals surface area contributed by atoms with E-state index in [4.69, 9.17) is 0 Å². The third kappa shape index (κ3) is 3.34. The number of β-amino-alcohol motifs (C(OH)–C–C–N with tert-alkyl or cyclic N) is 1. The van der Waals surface area contributed by atoms with E-state index >= 15 is 0 Å². The predicted octanol–water partition coefficient (Wildman–Crippen LogP) is 2.05. The van der Waals surface area contributed by atoms with Crippen molar-refractivity contribution in [2.24, 2.45) is 0 Å². The van der Waals surface area contributed by atoms with Crippen molar-refractivity contribution < 1.29 is 10.0 Å². The third-order valence-corrected chi connectivity index (χ3v) is 4.67. The molecule has 8 heteroatoms. The summed E-state index contributed by atoms with van der Waals surface area (Å²) in [5.74, 6) is 0. The van der Waals surface area contributed by atoms with Crippen LogP contribution in [-0.4, -0.2) is 43.9 Å². The third-order valence-electron chi connectivity index (χ3n) is 3.97. The summed E-state index contributed by atoms with van der Waals surface area (Å²) in [6.07, 6.45) is 4.19. The van der Waals surface area contributed by atoms with Crippen molar-refractivity contribution in [3.05, 3.63) is 44.9 Å². The van der Waals surface area contributed by atoms with Crippen molar-refractivity contribution in [1.82, 2.24) is 14.7 Å². The van der Waals surface area contributed by atoms with Crippen molar-refractivity contribution in [2.75, 3.05) is 13.1 Å². The second-order valence-corrected chi connectivity index (χ2v) is 6.32. The first-order valence-corrected chi connectivity index (χ1v) is 8.19. The van der Waals surface area contributed by atoms with Gasteiger partial charge in [0.25, 0.3) is 0 Å². The number of likely N-dealkylation sites (tertiary alicyclic amines) is 1. The molecule has 1 fully saturated rings. The number of nitro groups is 1. The van der Waals surface area contributed by atoms with Crippen LogP contribution in [0.2, 0.25) is 0 Å². The van der Waals surface area contributed by atoms with E-state index in [1.54, 1.807) is 11.3 Å².